The summed E-state index contributed by atoms with van der Waals surface area (Å²) in [6.07, 6.45) is 3.23. The molecule has 1 aliphatic heterocycles. The molecule has 0 unspecified atom stereocenters. The van der Waals surface area contributed by atoms with E-state index in [9.17, 15) is 9.90 Å². The quantitative estimate of drug-likeness (QED) is 0.787. The van der Waals surface area contributed by atoms with Crippen LogP contribution >= 0.6 is 0 Å². The minimum atomic E-state index is -0.655. The average Bonchev–Trinajstić information content (AvgIpc) is 2.50. The van der Waals surface area contributed by atoms with Gasteiger partial charge in [0.1, 0.15) is 0 Å². The fraction of sp³-hybridized carbons (Fsp3) is 0.611. The number of nitrogens with zero attached hydrogens (tertiary/aromatic N) is 1. The van der Waals surface area contributed by atoms with Gasteiger partial charge in [-0.2, -0.15) is 0 Å². The lowest BCUT2D eigenvalue weighted by Crippen LogP contribution is -2.47. The third-order valence-corrected chi connectivity index (χ3v) is 4.77. The van der Waals surface area contributed by atoms with E-state index < -0.39 is 11.4 Å². The molecule has 0 aromatic heterocycles. The van der Waals surface area contributed by atoms with E-state index in [1.165, 1.54) is 11.1 Å². The number of ether oxygens (including phenoxy) is 1. The fourth-order valence-electron chi connectivity index (χ4n) is 3.43. The number of benzene rings is 1. The van der Waals surface area contributed by atoms with Crippen molar-refractivity contribution >= 4 is 5.97 Å². The number of aliphatic carboxylic acids is 1. The second-order valence-corrected chi connectivity index (χ2v) is 6.42. The van der Waals surface area contributed by atoms with Crippen LogP contribution in [-0.4, -0.2) is 42.8 Å². The van der Waals surface area contributed by atoms with Crippen LogP contribution in [0.5, 0.6) is 0 Å². The zero-order valence-electron chi connectivity index (χ0n) is 13.7. The molecule has 1 fully saturated rings. The number of likely N-dealkylation sites (tertiary alicyclic amines) is 1. The highest BCUT2D eigenvalue weighted by molar-refractivity contribution is 5.75. The Hall–Kier alpha value is -1.39. The molecule has 0 spiro atoms. The van der Waals surface area contributed by atoms with Gasteiger partial charge in [0.15, 0.2) is 0 Å². The van der Waals surface area contributed by atoms with E-state index in [2.05, 4.69) is 30.0 Å². The molecule has 1 aromatic rings. The maximum absolute atomic E-state index is 11.9. The van der Waals surface area contributed by atoms with Crippen LogP contribution in [0.25, 0.3) is 0 Å². The maximum Gasteiger partial charge on any atom is 0.310 e. The van der Waals surface area contributed by atoms with Gasteiger partial charge in [0.05, 0.1) is 5.41 Å². The summed E-state index contributed by atoms with van der Waals surface area (Å²) in [4.78, 5) is 14.2. The van der Waals surface area contributed by atoms with Crippen molar-refractivity contribution in [3.63, 3.8) is 0 Å². The summed E-state index contributed by atoms with van der Waals surface area (Å²) in [6, 6.07) is 8.34. The molecule has 1 N–H and O–H groups in total. The first-order valence-electron chi connectivity index (χ1n) is 8.06. The topological polar surface area (TPSA) is 49.8 Å². The zero-order valence-corrected chi connectivity index (χ0v) is 13.7. The molecule has 2 rings (SSSR count). The molecule has 122 valence electrons. The van der Waals surface area contributed by atoms with E-state index in [1.807, 2.05) is 6.07 Å². The van der Waals surface area contributed by atoms with Gasteiger partial charge in [-0.3, -0.25) is 9.69 Å². The molecule has 0 radical (unpaired) electrons. The first-order valence-corrected chi connectivity index (χ1v) is 8.06. The molecule has 0 amide bonds. The summed E-state index contributed by atoms with van der Waals surface area (Å²) in [5, 5.41) is 9.76. The van der Waals surface area contributed by atoms with Gasteiger partial charge in [-0.25, -0.2) is 0 Å². The number of rotatable bonds is 7. The minimum absolute atomic E-state index is 0.612. The monoisotopic (exact) mass is 305 g/mol. The summed E-state index contributed by atoms with van der Waals surface area (Å²) in [5.41, 5.74) is 1.95. The molecule has 0 bridgehead atoms. The van der Waals surface area contributed by atoms with Gasteiger partial charge in [-0.15, -0.1) is 0 Å². The summed E-state index contributed by atoms with van der Waals surface area (Å²) in [6.45, 7) is 5.20. The van der Waals surface area contributed by atoms with Crippen molar-refractivity contribution in [3.05, 3.63) is 35.4 Å². The highest BCUT2D eigenvalue weighted by Crippen LogP contribution is 2.35. The summed E-state index contributed by atoms with van der Waals surface area (Å²) < 4.78 is 5.09. The van der Waals surface area contributed by atoms with Crippen LogP contribution in [-0.2, 0) is 16.1 Å². The Kier molecular flexibility index (Phi) is 5.98. The van der Waals surface area contributed by atoms with Gasteiger partial charge in [0.2, 0.25) is 0 Å². The number of methoxy groups -OCH3 is 1. The molecule has 1 atom stereocenters. The van der Waals surface area contributed by atoms with Gasteiger partial charge >= 0.3 is 5.97 Å². The highest BCUT2D eigenvalue weighted by atomic mass is 16.5. The van der Waals surface area contributed by atoms with E-state index in [4.69, 9.17) is 4.74 Å². The lowest BCUT2D eigenvalue weighted by atomic mass is 9.76. The van der Waals surface area contributed by atoms with E-state index in [1.54, 1.807) is 7.11 Å². The standard InChI is InChI=1S/C18H27NO3/c1-15-7-3-4-8-16(15)13-19-11-5-9-18(14-19,17(20)21)10-6-12-22-2/h3-4,7-8H,5-6,9-14H2,1-2H3,(H,20,21)/t18-/m1/s1. The van der Waals surface area contributed by atoms with Crippen LogP contribution in [0.1, 0.15) is 36.8 Å². The minimum Gasteiger partial charge on any atom is -0.481 e. The molecule has 1 aromatic carbocycles. The second-order valence-electron chi connectivity index (χ2n) is 6.42. The molecule has 1 heterocycles. The number of carbonyl (C=O) groups is 1. The van der Waals surface area contributed by atoms with E-state index >= 15 is 0 Å². The lowest BCUT2D eigenvalue weighted by molar-refractivity contribution is -0.153. The molecule has 22 heavy (non-hydrogen) atoms. The number of piperidine rings is 1. The predicted molar refractivity (Wildman–Crippen MR) is 86.9 cm³/mol. The normalized spacial score (nSPS) is 22.6. The van der Waals surface area contributed by atoms with Crippen molar-refractivity contribution in [1.82, 2.24) is 4.90 Å². The van der Waals surface area contributed by atoms with Gasteiger partial charge in [0, 0.05) is 26.8 Å². The summed E-state index contributed by atoms with van der Waals surface area (Å²) in [7, 11) is 1.67. The molecular weight excluding hydrogens is 278 g/mol. The number of hydrogen-bond donors (Lipinski definition) is 1. The molecule has 0 saturated carbocycles. The molecule has 4 nitrogen and oxygen atoms in total. The van der Waals surface area contributed by atoms with Crippen LogP contribution in [0.15, 0.2) is 24.3 Å². The molecule has 1 saturated heterocycles. The maximum atomic E-state index is 11.9. The lowest BCUT2D eigenvalue weighted by Gasteiger charge is -2.40. The largest absolute Gasteiger partial charge is 0.481 e. The Morgan fingerprint density at radius 2 is 2.18 bits per heavy atom. The number of carboxylic acids is 1. The third-order valence-electron chi connectivity index (χ3n) is 4.77. The van der Waals surface area contributed by atoms with Gasteiger partial charge in [-0.1, -0.05) is 24.3 Å². The van der Waals surface area contributed by atoms with Crippen LogP contribution in [0.3, 0.4) is 0 Å². The van der Waals surface area contributed by atoms with Gasteiger partial charge in [-0.05, 0) is 50.3 Å². The van der Waals surface area contributed by atoms with Crippen LogP contribution < -0.4 is 0 Å². The first kappa shape index (κ1) is 17.0. The van der Waals surface area contributed by atoms with Crippen LogP contribution in [0, 0.1) is 12.3 Å². The van der Waals surface area contributed by atoms with Crippen molar-refractivity contribution in [2.75, 3.05) is 26.8 Å². The number of carboxylic acid groups (broad SMARTS) is 1. The van der Waals surface area contributed by atoms with Crippen molar-refractivity contribution in [2.45, 2.75) is 39.2 Å². The summed E-state index contributed by atoms with van der Waals surface area (Å²) in [5.74, 6) is -0.655. The van der Waals surface area contributed by atoms with Crippen molar-refractivity contribution in [1.29, 1.82) is 0 Å². The smallest absolute Gasteiger partial charge is 0.310 e. The zero-order chi connectivity index (χ0) is 16.0. The summed E-state index contributed by atoms with van der Waals surface area (Å²) >= 11 is 0. The third kappa shape index (κ3) is 4.08. The molecule has 0 aliphatic carbocycles. The van der Waals surface area contributed by atoms with Gasteiger partial charge < -0.3 is 9.84 Å². The Labute approximate surface area is 133 Å². The Balaban J connectivity index is 2.05. The Bertz CT molecular complexity index is 503. The molecule has 4 heteroatoms. The van der Waals surface area contributed by atoms with Crippen molar-refractivity contribution in [3.8, 4) is 0 Å². The van der Waals surface area contributed by atoms with E-state index in [0.717, 1.165) is 32.4 Å². The number of hydrogen-bond acceptors (Lipinski definition) is 3. The van der Waals surface area contributed by atoms with Crippen molar-refractivity contribution in [2.24, 2.45) is 5.41 Å². The Morgan fingerprint density at radius 3 is 2.86 bits per heavy atom. The first-order chi connectivity index (χ1) is 10.6. The average molecular weight is 305 g/mol. The highest BCUT2D eigenvalue weighted by Gasteiger charge is 2.41. The predicted octanol–water partition coefficient (Wildman–Crippen LogP) is 3.09. The Morgan fingerprint density at radius 1 is 1.41 bits per heavy atom. The van der Waals surface area contributed by atoms with Crippen molar-refractivity contribution < 1.29 is 14.6 Å². The fourth-order valence-corrected chi connectivity index (χ4v) is 3.43. The van der Waals surface area contributed by atoms with E-state index in [-0.39, 0.29) is 0 Å². The molecule has 1 aliphatic rings. The van der Waals surface area contributed by atoms with Crippen LogP contribution in [0.2, 0.25) is 0 Å². The number of aryl methyl sites for hydroxylation is 1. The van der Waals surface area contributed by atoms with Gasteiger partial charge in [0.25, 0.3) is 0 Å². The molecular formula is C18H27NO3. The van der Waals surface area contributed by atoms with Crippen LogP contribution in [0.4, 0.5) is 0 Å². The SMILES string of the molecule is COCCC[C@]1(C(=O)O)CCCN(Cc2ccccc2C)C1. The van der Waals surface area contributed by atoms with E-state index in [0.29, 0.717) is 19.6 Å². The second kappa shape index (κ2) is 7.75.